The highest BCUT2D eigenvalue weighted by Gasteiger charge is 2.18. The zero-order chi connectivity index (χ0) is 21.0. The summed E-state index contributed by atoms with van der Waals surface area (Å²) >= 11 is 0. The maximum Gasteiger partial charge on any atom is 0.329 e. The van der Waals surface area contributed by atoms with Crippen molar-refractivity contribution in [2.45, 2.75) is 0 Å². The normalized spacial score (nSPS) is 10.2. The molecule has 1 aromatic heterocycles. The van der Waals surface area contributed by atoms with Gasteiger partial charge in [0.15, 0.2) is 0 Å². The first kappa shape index (κ1) is 19.2. The molecular weight excluding hydrogens is 378 g/mol. The van der Waals surface area contributed by atoms with E-state index in [1.54, 1.807) is 30.3 Å². The number of nitrogens with zero attached hydrogens (tertiary/aromatic N) is 3. The summed E-state index contributed by atoms with van der Waals surface area (Å²) in [7, 11) is 0. The highest BCUT2D eigenvalue weighted by Crippen LogP contribution is 2.27. The van der Waals surface area contributed by atoms with E-state index in [4.69, 9.17) is 11.5 Å². The SMILES string of the molecule is NC(=O)c1cccc(Nc2ncc([N+](=O)[O-])c(Nc3cccc(C(N)=O)c3)n2)c1. The molecule has 0 aliphatic heterocycles. The van der Waals surface area contributed by atoms with Crippen molar-refractivity contribution in [3.63, 3.8) is 0 Å². The number of anilines is 4. The number of aromatic nitrogens is 2. The molecule has 2 aromatic carbocycles. The van der Waals surface area contributed by atoms with Crippen LogP contribution in [0, 0.1) is 10.1 Å². The standard InChI is InChI=1S/C18H15N7O4/c19-15(26)10-3-1-5-12(7-10)22-17-14(25(28)29)9-21-18(24-17)23-13-6-2-4-11(8-13)16(20)27/h1-9H,(H2,19,26)(H2,20,27)(H2,21,22,23,24). The van der Waals surface area contributed by atoms with Crippen LogP contribution in [-0.2, 0) is 0 Å². The minimum absolute atomic E-state index is 0.0470. The Morgan fingerprint density at radius 2 is 1.48 bits per heavy atom. The van der Waals surface area contributed by atoms with Crippen molar-refractivity contribution >= 4 is 40.6 Å². The van der Waals surface area contributed by atoms with Gasteiger partial charge >= 0.3 is 5.69 Å². The van der Waals surface area contributed by atoms with E-state index in [0.29, 0.717) is 11.4 Å². The van der Waals surface area contributed by atoms with Gasteiger partial charge in [0.25, 0.3) is 0 Å². The lowest BCUT2D eigenvalue weighted by Crippen LogP contribution is -2.11. The Hall–Kier alpha value is -4.54. The van der Waals surface area contributed by atoms with Gasteiger partial charge in [0.05, 0.1) is 4.92 Å². The van der Waals surface area contributed by atoms with Gasteiger partial charge in [-0.2, -0.15) is 4.98 Å². The Labute approximate surface area is 163 Å². The van der Waals surface area contributed by atoms with Crippen molar-refractivity contribution in [2.75, 3.05) is 10.6 Å². The summed E-state index contributed by atoms with van der Waals surface area (Å²) in [5.41, 5.74) is 11.5. The van der Waals surface area contributed by atoms with Crippen LogP contribution in [0.3, 0.4) is 0 Å². The van der Waals surface area contributed by atoms with E-state index in [1.165, 1.54) is 18.2 Å². The molecule has 0 spiro atoms. The van der Waals surface area contributed by atoms with Crippen molar-refractivity contribution in [3.8, 4) is 0 Å². The number of nitrogens with one attached hydrogen (secondary N) is 2. The van der Waals surface area contributed by atoms with Crippen LogP contribution in [0.5, 0.6) is 0 Å². The molecule has 11 nitrogen and oxygen atoms in total. The van der Waals surface area contributed by atoms with Crippen molar-refractivity contribution in [3.05, 3.63) is 76.0 Å². The lowest BCUT2D eigenvalue weighted by Gasteiger charge is -2.10. The number of hydrogen-bond donors (Lipinski definition) is 4. The van der Waals surface area contributed by atoms with E-state index in [0.717, 1.165) is 6.20 Å². The van der Waals surface area contributed by atoms with Gasteiger partial charge in [-0.3, -0.25) is 19.7 Å². The quantitative estimate of drug-likeness (QED) is 0.348. The number of primary amides is 2. The molecule has 0 atom stereocenters. The zero-order valence-electron chi connectivity index (χ0n) is 14.8. The number of benzene rings is 2. The highest BCUT2D eigenvalue weighted by atomic mass is 16.6. The monoisotopic (exact) mass is 393 g/mol. The van der Waals surface area contributed by atoms with Crippen molar-refractivity contribution in [2.24, 2.45) is 11.5 Å². The third-order valence-electron chi connectivity index (χ3n) is 3.78. The molecule has 29 heavy (non-hydrogen) atoms. The first-order valence-corrected chi connectivity index (χ1v) is 8.18. The predicted octanol–water partition coefficient (Wildman–Crippen LogP) is 2.07. The summed E-state index contributed by atoms with van der Waals surface area (Å²) < 4.78 is 0. The molecule has 0 fully saturated rings. The fraction of sp³-hybridized carbons (Fsp3) is 0. The van der Waals surface area contributed by atoms with Crippen LogP contribution in [0.25, 0.3) is 0 Å². The number of rotatable bonds is 7. The number of carbonyl (C=O) groups excluding carboxylic acids is 2. The van der Waals surface area contributed by atoms with Gasteiger partial charge in [0.2, 0.25) is 23.6 Å². The van der Waals surface area contributed by atoms with Crippen LogP contribution in [0.4, 0.5) is 28.8 Å². The summed E-state index contributed by atoms with van der Waals surface area (Å²) in [6.07, 6.45) is 1.04. The van der Waals surface area contributed by atoms with E-state index in [9.17, 15) is 19.7 Å². The van der Waals surface area contributed by atoms with Gasteiger partial charge in [0, 0.05) is 22.5 Å². The Morgan fingerprint density at radius 1 is 0.931 bits per heavy atom. The van der Waals surface area contributed by atoms with Crippen molar-refractivity contribution in [1.29, 1.82) is 0 Å². The minimum atomic E-state index is -0.641. The molecule has 0 bridgehead atoms. The van der Waals surface area contributed by atoms with Crippen LogP contribution in [0.15, 0.2) is 54.7 Å². The fourth-order valence-electron chi connectivity index (χ4n) is 2.43. The Balaban J connectivity index is 1.93. The van der Waals surface area contributed by atoms with Crippen LogP contribution in [0.2, 0.25) is 0 Å². The van der Waals surface area contributed by atoms with E-state index in [1.807, 2.05) is 0 Å². The minimum Gasteiger partial charge on any atom is -0.366 e. The van der Waals surface area contributed by atoms with Crippen molar-refractivity contribution < 1.29 is 14.5 Å². The lowest BCUT2D eigenvalue weighted by atomic mass is 10.2. The largest absolute Gasteiger partial charge is 0.366 e. The number of nitro groups is 1. The molecule has 0 unspecified atom stereocenters. The number of nitrogens with two attached hydrogens (primary N) is 2. The van der Waals surface area contributed by atoms with Gasteiger partial charge in [-0.1, -0.05) is 12.1 Å². The predicted molar refractivity (Wildman–Crippen MR) is 105 cm³/mol. The molecule has 6 N–H and O–H groups in total. The molecule has 3 aromatic rings. The second-order valence-corrected chi connectivity index (χ2v) is 5.82. The highest BCUT2D eigenvalue weighted by molar-refractivity contribution is 5.94. The second-order valence-electron chi connectivity index (χ2n) is 5.82. The molecule has 1 heterocycles. The van der Waals surface area contributed by atoms with Crippen LogP contribution in [0.1, 0.15) is 20.7 Å². The summed E-state index contributed by atoms with van der Waals surface area (Å²) in [5.74, 6) is -1.29. The average molecular weight is 393 g/mol. The molecule has 146 valence electrons. The maximum atomic E-state index is 11.3. The van der Waals surface area contributed by atoms with Crippen LogP contribution >= 0.6 is 0 Å². The first-order valence-electron chi connectivity index (χ1n) is 8.18. The van der Waals surface area contributed by atoms with E-state index >= 15 is 0 Å². The summed E-state index contributed by atoms with van der Waals surface area (Å²) in [4.78, 5) is 41.4. The molecule has 11 heteroatoms. The molecule has 0 aliphatic rings. The zero-order valence-corrected chi connectivity index (χ0v) is 14.8. The van der Waals surface area contributed by atoms with Crippen LogP contribution in [-0.4, -0.2) is 26.7 Å². The van der Waals surface area contributed by atoms with Gasteiger partial charge in [-0.25, -0.2) is 4.98 Å². The molecule has 3 rings (SSSR count). The van der Waals surface area contributed by atoms with Crippen molar-refractivity contribution in [1.82, 2.24) is 9.97 Å². The maximum absolute atomic E-state index is 11.3. The van der Waals surface area contributed by atoms with E-state index < -0.39 is 16.7 Å². The molecule has 0 saturated carbocycles. The Bertz CT molecular complexity index is 1120. The molecule has 0 saturated heterocycles. The summed E-state index contributed by atoms with van der Waals surface area (Å²) in [6.45, 7) is 0. The van der Waals surface area contributed by atoms with Gasteiger partial charge in [-0.05, 0) is 36.4 Å². The number of amides is 2. The third kappa shape index (κ3) is 4.60. The first-order chi connectivity index (χ1) is 13.8. The van der Waals surface area contributed by atoms with Gasteiger partial charge in [0.1, 0.15) is 6.20 Å². The van der Waals surface area contributed by atoms with Gasteiger partial charge in [-0.15, -0.1) is 0 Å². The topological polar surface area (TPSA) is 179 Å². The Kier molecular flexibility index (Phi) is 5.30. The van der Waals surface area contributed by atoms with E-state index in [-0.39, 0.29) is 28.6 Å². The third-order valence-corrected chi connectivity index (χ3v) is 3.78. The fourth-order valence-corrected chi connectivity index (χ4v) is 2.43. The van der Waals surface area contributed by atoms with Crippen LogP contribution < -0.4 is 22.1 Å². The van der Waals surface area contributed by atoms with E-state index in [2.05, 4.69) is 20.6 Å². The van der Waals surface area contributed by atoms with Gasteiger partial charge < -0.3 is 22.1 Å². The Morgan fingerprint density at radius 3 is 2.00 bits per heavy atom. The molecule has 0 radical (unpaired) electrons. The second kappa shape index (κ2) is 8.00. The molecule has 0 aliphatic carbocycles. The number of carbonyl (C=O) groups is 2. The summed E-state index contributed by atoms with van der Waals surface area (Å²) in [5, 5.41) is 17.0. The lowest BCUT2D eigenvalue weighted by molar-refractivity contribution is -0.384. The number of hydrogen-bond acceptors (Lipinski definition) is 8. The summed E-state index contributed by atoms with van der Waals surface area (Å²) in [6, 6.07) is 12.4. The average Bonchev–Trinajstić information content (AvgIpc) is 2.68. The molecule has 2 amide bonds. The smallest absolute Gasteiger partial charge is 0.329 e. The molecular formula is C18H15N7O4.